The Labute approximate surface area is 69.0 Å². The van der Waals surface area contributed by atoms with Gasteiger partial charge < -0.3 is 4.57 Å². The molecule has 0 amide bonds. The van der Waals surface area contributed by atoms with Crippen molar-refractivity contribution in [2.24, 2.45) is 0 Å². The largest absolute Gasteiger partial charge is 0.351 e. The van der Waals surface area contributed by atoms with Crippen molar-refractivity contribution >= 4 is 0 Å². The molecule has 0 aromatic carbocycles. The predicted octanol–water partition coefficient (Wildman–Crippen LogP) is 2.94. The molecule has 11 heavy (non-hydrogen) atoms. The third-order valence-corrected chi connectivity index (χ3v) is 2.11. The zero-order chi connectivity index (χ0) is 8.43. The van der Waals surface area contributed by atoms with Crippen LogP contribution in [0.2, 0.25) is 0 Å². The van der Waals surface area contributed by atoms with E-state index in [9.17, 15) is 0 Å². The van der Waals surface area contributed by atoms with Crippen molar-refractivity contribution in [3.8, 4) is 0 Å². The number of nitrogens with zero attached hydrogens (tertiary/aromatic N) is 1. The lowest BCUT2D eigenvalue weighted by molar-refractivity contribution is 0.669. The first-order chi connectivity index (χ1) is 5.16. The quantitative estimate of drug-likeness (QED) is 0.612. The summed E-state index contributed by atoms with van der Waals surface area (Å²) in [6, 6.07) is 2.19. The molecule has 1 heterocycles. The number of hydrogen-bond donors (Lipinski definition) is 0. The van der Waals surface area contributed by atoms with Crippen LogP contribution in [0.15, 0.2) is 12.3 Å². The van der Waals surface area contributed by atoms with E-state index in [0.29, 0.717) is 5.92 Å². The molecule has 0 N–H and O–H groups in total. The van der Waals surface area contributed by atoms with Crippen molar-refractivity contribution in [2.45, 2.75) is 40.2 Å². The Morgan fingerprint density at radius 2 is 2.09 bits per heavy atom. The van der Waals surface area contributed by atoms with E-state index < -0.39 is 0 Å². The Morgan fingerprint density at radius 3 is 2.45 bits per heavy atom. The zero-order valence-electron chi connectivity index (χ0n) is 7.89. The summed E-state index contributed by atoms with van der Waals surface area (Å²) in [5.74, 6) is 0.643. The maximum absolute atomic E-state index is 2.32. The molecule has 0 bridgehead atoms. The summed E-state index contributed by atoms with van der Waals surface area (Å²) in [6.45, 7) is 9.94. The fourth-order valence-corrected chi connectivity index (χ4v) is 1.66. The van der Waals surface area contributed by atoms with E-state index in [-0.39, 0.29) is 0 Å². The van der Waals surface area contributed by atoms with Gasteiger partial charge in [-0.05, 0) is 31.4 Å². The second-order valence-electron chi connectivity index (χ2n) is 3.32. The number of hydrogen-bond acceptors (Lipinski definition) is 0. The van der Waals surface area contributed by atoms with Gasteiger partial charge in [0, 0.05) is 18.4 Å². The van der Waals surface area contributed by atoms with E-state index in [1.165, 1.54) is 11.3 Å². The Morgan fingerprint density at radius 1 is 1.45 bits per heavy atom. The molecule has 1 nitrogen and oxygen atoms in total. The second kappa shape index (κ2) is 3.12. The molecule has 0 spiro atoms. The number of aryl methyl sites for hydroxylation is 2. The SMILES string of the molecule is CCn1ccc(C)c1C(C)C. The summed E-state index contributed by atoms with van der Waals surface area (Å²) in [6.07, 6.45) is 2.17. The molecule has 0 aliphatic carbocycles. The Bertz CT molecular complexity index is 233. The third kappa shape index (κ3) is 1.47. The molecule has 1 rings (SSSR count). The fourth-order valence-electron chi connectivity index (χ4n) is 1.66. The number of aromatic nitrogens is 1. The normalized spacial score (nSPS) is 11.0. The van der Waals surface area contributed by atoms with E-state index in [1.54, 1.807) is 0 Å². The van der Waals surface area contributed by atoms with Gasteiger partial charge in [0.15, 0.2) is 0 Å². The molecule has 0 saturated carbocycles. The molecular weight excluding hydrogens is 134 g/mol. The van der Waals surface area contributed by atoms with Crippen LogP contribution in [0.3, 0.4) is 0 Å². The van der Waals surface area contributed by atoms with E-state index in [1.807, 2.05) is 0 Å². The van der Waals surface area contributed by atoms with E-state index >= 15 is 0 Å². The minimum Gasteiger partial charge on any atom is -0.351 e. The lowest BCUT2D eigenvalue weighted by Crippen LogP contribution is -2.02. The average molecular weight is 151 g/mol. The molecule has 62 valence electrons. The summed E-state index contributed by atoms with van der Waals surface area (Å²) in [5.41, 5.74) is 2.90. The molecule has 1 heteroatoms. The van der Waals surface area contributed by atoms with E-state index in [4.69, 9.17) is 0 Å². The maximum atomic E-state index is 2.32. The van der Waals surface area contributed by atoms with Crippen LogP contribution >= 0.6 is 0 Å². The minimum atomic E-state index is 0.643. The lowest BCUT2D eigenvalue weighted by atomic mass is 10.1. The third-order valence-electron chi connectivity index (χ3n) is 2.11. The highest BCUT2D eigenvalue weighted by Gasteiger charge is 2.07. The van der Waals surface area contributed by atoms with Crippen molar-refractivity contribution in [3.63, 3.8) is 0 Å². The second-order valence-corrected chi connectivity index (χ2v) is 3.32. The summed E-state index contributed by atoms with van der Waals surface area (Å²) in [5, 5.41) is 0. The summed E-state index contributed by atoms with van der Waals surface area (Å²) >= 11 is 0. The van der Waals surface area contributed by atoms with Gasteiger partial charge in [-0.25, -0.2) is 0 Å². The monoisotopic (exact) mass is 151 g/mol. The van der Waals surface area contributed by atoms with Crippen molar-refractivity contribution in [1.82, 2.24) is 4.57 Å². The van der Waals surface area contributed by atoms with Crippen LogP contribution in [0.5, 0.6) is 0 Å². The minimum absolute atomic E-state index is 0.643. The van der Waals surface area contributed by atoms with Crippen LogP contribution in [0.1, 0.15) is 37.9 Å². The summed E-state index contributed by atoms with van der Waals surface area (Å²) in [4.78, 5) is 0. The van der Waals surface area contributed by atoms with Gasteiger partial charge in [-0.2, -0.15) is 0 Å². The van der Waals surface area contributed by atoms with Gasteiger partial charge in [0.2, 0.25) is 0 Å². The number of rotatable bonds is 2. The Balaban J connectivity index is 3.07. The first-order valence-electron chi connectivity index (χ1n) is 4.32. The lowest BCUT2D eigenvalue weighted by Gasteiger charge is -2.10. The molecular formula is C10H17N. The molecule has 0 atom stereocenters. The van der Waals surface area contributed by atoms with Crippen molar-refractivity contribution in [3.05, 3.63) is 23.5 Å². The van der Waals surface area contributed by atoms with Gasteiger partial charge in [0.05, 0.1) is 0 Å². The van der Waals surface area contributed by atoms with Gasteiger partial charge in [-0.3, -0.25) is 0 Å². The topological polar surface area (TPSA) is 4.93 Å². The smallest absolute Gasteiger partial charge is 0.0229 e. The van der Waals surface area contributed by atoms with Crippen LogP contribution in [0, 0.1) is 6.92 Å². The van der Waals surface area contributed by atoms with Crippen LogP contribution in [0.25, 0.3) is 0 Å². The van der Waals surface area contributed by atoms with Crippen molar-refractivity contribution in [1.29, 1.82) is 0 Å². The van der Waals surface area contributed by atoms with Gasteiger partial charge in [0.25, 0.3) is 0 Å². The highest BCUT2D eigenvalue weighted by Crippen LogP contribution is 2.19. The van der Waals surface area contributed by atoms with E-state index in [2.05, 4.69) is 44.5 Å². The van der Waals surface area contributed by atoms with Crippen LogP contribution in [-0.2, 0) is 6.54 Å². The summed E-state index contributed by atoms with van der Waals surface area (Å²) < 4.78 is 2.32. The van der Waals surface area contributed by atoms with Crippen molar-refractivity contribution in [2.75, 3.05) is 0 Å². The maximum Gasteiger partial charge on any atom is 0.0229 e. The molecule has 0 saturated heterocycles. The van der Waals surface area contributed by atoms with Gasteiger partial charge in [-0.1, -0.05) is 13.8 Å². The molecule has 0 unspecified atom stereocenters. The molecule has 0 radical (unpaired) electrons. The highest BCUT2D eigenvalue weighted by molar-refractivity contribution is 5.23. The van der Waals surface area contributed by atoms with Crippen LogP contribution in [-0.4, -0.2) is 4.57 Å². The Hall–Kier alpha value is -0.720. The van der Waals surface area contributed by atoms with Crippen LogP contribution < -0.4 is 0 Å². The summed E-state index contributed by atoms with van der Waals surface area (Å²) in [7, 11) is 0. The Kier molecular flexibility index (Phi) is 2.38. The van der Waals surface area contributed by atoms with Crippen molar-refractivity contribution < 1.29 is 0 Å². The highest BCUT2D eigenvalue weighted by atomic mass is 15.0. The molecule has 0 aliphatic heterocycles. The van der Waals surface area contributed by atoms with Gasteiger partial charge in [-0.15, -0.1) is 0 Å². The van der Waals surface area contributed by atoms with E-state index in [0.717, 1.165) is 6.54 Å². The zero-order valence-corrected chi connectivity index (χ0v) is 7.89. The predicted molar refractivity (Wildman–Crippen MR) is 48.9 cm³/mol. The van der Waals surface area contributed by atoms with Crippen LogP contribution in [0.4, 0.5) is 0 Å². The molecule has 0 fully saturated rings. The fraction of sp³-hybridized carbons (Fsp3) is 0.600. The molecule has 0 aliphatic rings. The molecule has 1 aromatic heterocycles. The molecule has 1 aromatic rings. The average Bonchev–Trinajstić information content (AvgIpc) is 2.30. The first-order valence-corrected chi connectivity index (χ1v) is 4.32. The standard InChI is InChI=1S/C10H17N/c1-5-11-7-6-9(4)10(11)8(2)3/h6-8H,5H2,1-4H3. The first kappa shape index (κ1) is 8.38. The van der Waals surface area contributed by atoms with Gasteiger partial charge >= 0.3 is 0 Å². The van der Waals surface area contributed by atoms with Gasteiger partial charge in [0.1, 0.15) is 0 Å².